The number of carbonyl (C=O) groups is 2. The number of aromatic nitrogens is 1. The normalized spacial score (nSPS) is 10.3. The van der Waals surface area contributed by atoms with E-state index in [0.717, 1.165) is 10.6 Å². The van der Waals surface area contributed by atoms with E-state index in [0.29, 0.717) is 22.7 Å². The summed E-state index contributed by atoms with van der Waals surface area (Å²) < 4.78 is 0. The zero-order chi connectivity index (χ0) is 18.4. The molecule has 3 rings (SSSR count). The number of benzene rings is 2. The molecule has 6 nitrogen and oxygen atoms in total. The van der Waals surface area contributed by atoms with Gasteiger partial charge in [0.2, 0.25) is 0 Å². The minimum Gasteiger partial charge on any atom is -0.351 e. The Morgan fingerprint density at radius 1 is 1.04 bits per heavy atom. The number of nitrogens with two attached hydrogens (primary N) is 1. The van der Waals surface area contributed by atoms with Gasteiger partial charge >= 0.3 is 6.03 Å². The number of thiazole rings is 1. The van der Waals surface area contributed by atoms with Crippen LogP contribution in [0.2, 0.25) is 0 Å². The summed E-state index contributed by atoms with van der Waals surface area (Å²) in [6, 6.07) is 13.6. The van der Waals surface area contributed by atoms with Crippen LogP contribution in [0.25, 0.3) is 0 Å². The van der Waals surface area contributed by atoms with E-state index < -0.39 is 6.03 Å². The number of carbonyl (C=O) groups excluding carboxylic acids is 2. The van der Waals surface area contributed by atoms with Gasteiger partial charge in [-0.1, -0.05) is 12.1 Å². The predicted molar refractivity (Wildman–Crippen MR) is 106 cm³/mol. The first-order valence-corrected chi connectivity index (χ1v) is 9.61. The van der Waals surface area contributed by atoms with Gasteiger partial charge in [0.15, 0.2) is 0 Å². The van der Waals surface area contributed by atoms with Gasteiger partial charge in [0, 0.05) is 27.4 Å². The van der Waals surface area contributed by atoms with Crippen LogP contribution < -0.4 is 16.4 Å². The molecule has 0 atom stereocenters. The van der Waals surface area contributed by atoms with Crippen LogP contribution in [0.3, 0.4) is 0 Å². The molecule has 0 aliphatic carbocycles. The first kappa shape index (κ1) is 18.0. The summed E-state index contributed by atoms with van der Waals surface area (Å²) in [6.07, 6.45) is 0. The Balaban J connectivity index is 1.68. The summed E-state index contributed by atoms with van der Waals surface area (Å²) >= 11 is 3.13. The molecular formula is C18H16N4O2S2. The second kappa shape index (κ2) is 8.50. The van der Waals surface area contributed by atoms with Gasteiger partial charge in [-0.15, -0.1) is 23.1 Å². The highest BCUT2D eigenvalue weighted by Crippen LogP contribution is 2.27. The number of amides is 3. The predicted octanol–water partition coefficient (Wildman–Crippen LogP) is 4.18. The Bertz CT molecular complexity index is 896. The van der Waals surface area contributed by atoms with Crippen molar-refractivity contribution in [3.05, 3.63) is 70.7 Å². The number of thioether (sulfide) groups is 1. The molecule has 3 aromatic rings. The maximum absolute atomic E-state index is 12.6. The molecule has 4 N–H and O–H groups in total. The van der Waals surface area contributed by atoms with E-state index in [1.165, 1.54) is 0 Å². The lowest BCUT2D eigenvalue weighted by atomic mass is 10.2. The second-order valence-electron chi connectivity index (χ2n) is 5.29. The molecule has 0 aliphatic heterocycles. The van der Waals surface area contributed by atoms with Crippen molar-refractivity contribution in [1.82, 2.24) is 4.98 Å². The molecule has 1 heterocycles. The first-order valence-electron chi connectivity index (χ1n) is 7.68. The summed E-state index contributed by atoms with van der Waals surface area (Å²) in [5, 5.41) is 7.33. The van der Waals surface area contributed by atoms with Crippen molar-refractivity contribution in [2.45, 2.75) is 10.6 Å². The molecule has 0 saturated carbocycles. The summed E-state index contributed by atoms with van der Waals surface area (Å²) in [6.45, 7) is 0. The Morgan fingerprint density at radius 2 is 1.73 bits per heavy atom. The zero-order valence-corrected chi connectivity index (χ0v) is 15.3. The fraction of sp³-hybridized carbons (Fsp3) is 0.0556. The SMILES string of the molecule is NC(=O)Nc1ccc(NC(=O)c2ccccc2SCc2cscn2)cc1. The Labute approximate surface area is 158 Å². The van der Waals surface area contributed by atoms with Crippen LogP contribution in [0.1, 0.15) is 16.1 Å². The van der Waals surface area contributed by atoms with Gasteiger partial charge < -0.3 is 16.4 Å². The third-order valence-corrected chi connectivity index (χ3v) is 5.14. The van der Waals surface area contributed by atoms with E-state index >= 15 is 0 Å². The third-order valence-electron chi connectivity index (χ3n) is 3.40. The molecule has 0 saturated heterocycles. The number of nitrogens with one attached hydrogen (secondary N) is 2. The quantitative estimate of drug-likeness (QED) is 0.555. The maximum Gasteiger partial charge on any atom is 0.316 e. The lowest BCUT2D eigenvalue weighted by Crippen LogP contribution is -2.19. The van der Waals surface area contributed by atoms with Crippen LogP contribution in [0, 0.1) is 0 Å². The Morgan fingerprint density at radius 3 is 2.38 bits per heavy atom. The highest BCUT2D eigenvalue weighted by molar-refractivity contribution is 7.98. The highest BCUT2D eigenvalue weighted by Gasteiger charge is 2.12. The van der Waals surface area contributed by atoms with Crippen LogP contribution in [-0.4, -0.2) is 16.9 Å². The number of rotatable bonds is 6. The maximum atomic E-state index is 12.6. The Kier molecular flexibility index (Phi) is 5.88. The summed E-state index contributed by atoms with van der Waals surface area (Å²) in [7, 11) is 0. The van der Waals surface area contributed by atoms with E-state index in [1.807, 2.05) is 23.6 Å². The third kappa shape index (κ3) is 4.84. The van der Waals surface area contributed by atoms with E-state index in [9.17, 15) is 9.59 Å². The van der Waals surface area contributed by atoms with E-state index in [4.69, 9.17) is 5.73 Å². The van der Waals surface area contributed by atoms with Crippen molar-refractivity contribution >= 4 is 46.4 Å². The first-order chi connectivity index (χ1) is 12.6. The van der Waals surface area contributed by atoms with Crippen LogP contribution in [0.15, 0.2) is 64.3 Å². The van der Waals surface area contributed by atoms with E-state index in [1.54, 1.807) is 58.9 Å². The largest absolute Gasteiger partial charge is 0.351 e. The number of urea groups is 1. The topological polar surface area (TPSA) is 97.1 Å². The van der Waals surface area contributed by atoms with Gasteiger partial charge in [-0.05, 0) is 36.4 Å². The van der Waals surface area contributed by atoms with Gasteiger partial charge in [0.25, 0.3) is 5.91 Å². The lowest BCUT2D eigenvalue weighted by Gasteiger charge is -2.10. The monoisotopic (exact) mass is 384 g/mol. The Hall–Kier alpha value is -2.84. The number of hydrogen-bond donors (Lipinski definition) is 3. The number of hydrogen-bond acceptors (Lipinski definition) is 5. The highest BCUT2D eigenvalue weighted by atomic mass is 32.2. The summed E-state index contributed by atoms with van der Waals surface area (Å²) in [5.74, 6) is 0.517. The molecule has 0 unspecified atom stereocenters. The minimum atomic E-state index is -0.632. The van der Waals surface area contributed by atoms with Crippen molar-refractivity contribution in [1.29, 1.82) is 0 Å². The average molecular weight is 384 g/mol. The van der Waals surface area contributed by atoms with Crippen LogP contribution in [0.5, 0.6) is 0 Å². The van der Waals surface area contributed by atoms with Gasteiger partial charge in [-0.3, -0.25) is 4.79 Å². The molecule has 0 radical (unpaired) electrons. The number of nitrogens with zero attached hydrogens (tertiary/aromatic N) is 1. The molecular weight excluding hydrogens is 368 g/mol. The van der Waals surface area contributed by atoms with Crippen LogP contribution in [0.4, 0.5) is 16.2 Å². The average Bonchev–Trinajstić information content (AvgIpc) is 3.15. The number of anilines is 2. The van der Waals surface area contributed by atoms with Gasteiger partial charge in [-0.2, -0.15) is 0 Å². The standard InChI is InChI=1S/C18H16N4O2S2/c19-18(24)22-13-7-5-12(6-8-13)21-17(23)15-3-1-2-4-16(15)26-10-14-9-25-11-20-14/h1-9,11H,10H2,(H,21,23)(H3,19,22,24). The van der Waals surface area contributed by atoms with Crippen LogP contribution >= 0.6 is 23.1 Å². The second-order valence-corrected chi connectivity index (χ2v) is 7.02. The van der Waals surface area contributed by atoms with E-state index in [-0.39, 0.29) is 5.91 Å². The zero-order valence-electron chi connectivity index (χ0n) is 13.6. The van der Waals surface area contributed by atoms with Gasteiger partial charge in [0.05, 0.1) is 16.8 Å². The van der Waals surface area contributed by atoms with Crippen molar-refractivity contribution < 1.29 is 9.59 Å². The molecule has 0 aliphatic rings. The molecule has 0 fully saturated rings. The fourth-order valence-electron chi connectivity index (χ4n) is 2.22. The smallest absolute Gasteiger partial charge is 0.316 e. The van der Waals surface area contributed by atoms with E-state index in [2.05, 4.69) is 15.6 Å². The number of primary amides is 1. The molecule has 3 amide bonds. The molecule has 0 spiro atoms. The summed E-state index contributed by atoms with van der Waals surface area (Å²) in [4.78, 5) is 28.6. The lowest BCUT2D eigenvalue weighted by molar-refractivity contribution is 0.102. The molecule has 1 aromatic heterocycles. The molecule has 26 heavy (non-hydrogen) atoms. The molecule has 0 bridgehead atoms. The van der Waals surface area contributed by atoms with Gasteiger partial charge in [0.1, 0.15) is 0 Å². The molecule has 132 valence electrons. The van der Waals surface area contributed by atoms with Gasteiger partial charge in [-0.25, -0.2) is 9.78 Å². The minimum absolute atomic E-state index is 0.193. The van der Waals surface area contributed by atoms with Crippen molar-refractivity contribution in [2.24, 2.45) is 5.73 Å². The van der Waals surface area contributed by atoms with Crippen molar-refractivity contribution in [2.75, 3.05) is 10.6 Å². The summed E-state index contributed by atoms with van der Waals surface area (Å²) in [5.41, 5.74) is 9.66. The fourth-order valence-corrected chi connectivity index (χ4v) is 3.83. The van der Waals surface area contributed by atoms with Crippen LogP contribution in [-0.2, 0) is 5.75 Å². The molecule has 8 heteroatoms. The van der Waals surface area contributed by atoms with Crippen molar-refractivity contribution in [3.63, 3.8) is 0 Å². The van der Waals surface area contributed by atoms with Crippen molar-refractivity contribution in [3.8, 4) is 0 Å². The molecule has 2 aromatic carbocycles.